The van der Waals surface area contributed by atoms with Crippen LogP contribution in [0.15, 0.2) is 90.4 Å². The fraction of sp³-hybridized carbons (Fsp3) is 0.194. The van der Waals surface area contributed by atoms with Crippen LogP contribution in [0.25, 0.3) is 0 Å². The lowest BCUT2D eigenvalue weighted by atomic mass is 10.2. The van der Waals surface area contributed by atoms with E-state index in [0.717, 1.165) is 5.56 Å². The fourth-order valence-electron chi connectivity index (χ4n) is 3.98. The lowest BCUT2D eigenvalue weighted by molar-refractivity contribution is -0.121. The molecule has 0 saturated heterocycles. The van der Waals surface area contributed by atoms with Crippen LogP contribution in [0.1, 0.15) is 5.56 Å². The van der Waals surface area contributed by atoms with Gasteiger partial charge in [-0.15, -0.1) is 11.3 Å². The number of urea groups is 1. The number of carbonyl (C=O) groups excluding carboxylic acids is 4. The number of likely N-dealkylation sites (N-methyl/N-ethyl adjacent to an activating group) is 2. The molecule has 2 N–H and O–H groups in total. The van der Waals surface area contributed by atoms with Gasteiger partial charge in [0.05, 0.1) is 6.54 Å². The number of benzene rings is 3. The van der Waals surface area contributed by atoms with Crippen molar-refractivity contribution >= 4 is 57.3 Å². The summed E-state index contributed by atoms with van der Waals surface area (Å²) in [5.74, 6) is -0.858. The number of aryl methyl sites for hydroxylation is 1. The van der Waals surface area contributed by atoms with Gasteiger partial charge in [0.15, 0.2) is 11.7 Å². The van der Waals surface area contributed by atoms with Gasteiger partial charge in [0.2, 0.25) is 11.8 Å². The van der Waals surface area contributed by atoms with Crippen LogP contribution >= 0.6 is 11.3 Å². The molecular formula is C31H32N6O5S. The third-order valence-corrected chi connectivity index (χ3v) is 7.21. The summed E-state index contributed by atoms with van der Waals surface area (Å²) < 4.78 is 5.73. The SMILES string of the molecule is Cc1cccc(NC(=O)NCC(=O)N(CC(=O)N(C)c2ccccc2)c2cccc(OCC(=O)N(C)c3nccs3)c2)c1. The fourth-order valence-corrected chi connectivity index (χ4v) is 4.61. The van der Waals surface area contributed by atoms with E-state index >= 15 is 0 Å². The topological polar surface area (TPSA) is 124 Å². The molecule has 222 valence electrons. The molecule has 0 bridgehead atoms. The van der Waals surface area contributed by atoms with Crippen molar-refractivity contribution in [1.82, 2.24) is 10.3 Å². The van der Waals surface area contributed by atoms with Gasteiger partial charge in [0, 0.05) is 48.8 Å². The maximum atomic E-state index is 13.5. The van der Waals surface area contributed by atoms with Crippen molar-refractivity contribution in [3.63, 3.8) is 0 Å². The van der Waals surface area contributed by atoms with Gasteiger partial charge in [-0.3, -0.25) is 19.3 Å². The van der Waals surface area contributed by atoms with Gasteiger partial charge >= 0.3 is 6.03 Å². The maximum Gasteiger partial charge on any atom is 0.319 e. The van der Waals surface area contributed by atoms with E-state index < -0.39 is 11.9 Å². The minimum absolute atomic E-state index is 0.260. The van der Waals surface area contributed by atoms with Crippen LogP contribution < -0.4 is 30.1 Å². The summed E-state index contributed by atoms with van der Waals surface area (Å²) in [7, 11) is 3.23. The molecular weight excluding hydrogens is 568 g/mol. The van der Waals surface area contributed by atoms with E-state index in [4.69, 9.17) is 4.74 Å². The molecule has 1 heterocycles. The Bertz CT molecular complexity index is 1560. The summed E-state index contributed by atoms with van der Waals surface area (Å²) in [5, 5.41) is 7.57. The molecule has 12 heteroatoms. The zero-order valence-electron chi connectivity index (χ0n) is 24.0. The molecule has 0 spiro atoms. The standard InChI is InChI=1S/C31H32N6O5S/c1-22-9-7-10-23(17-22)34-30(41)33-19-27(38)37(20-28(39)35(2)24-11-5-4-6-12-24)25-13-8-14-26(18-25)42-21-29(40)36(3)31-32-15-16-43-31/h4-18H,19-21H2,1-3H3,(H2,33,34,41). The van der Waals surface area contributed by atoms with Crippen molar-refractivity contribution in [2.24, 2.45) is 0 Å². The normalized spacial score (nSPS) is 10.4. The summed E-state index contributed by atoms with van der Waals surface area (Å²) in [6, 6.07) is 22.3. The molecule has 4 aromatic rings. The number of rotatable bonds is 11. The summed E-state index contributed by atoms with van der Waals surface area (Å²) >= 11 is 1.33. The number of amides is 5. The Morgan fingerprint density at radius 1 is 0.837 bits per heavy atom. The molecule has 0 atom stereocenters. The predicted molar refractivity (Wildman–Crippen MR) is 168 cm³/mol. The molecule has 0 saturated carbocycles. The van der Waals surface area contributed by atoms with Crippen LogP contribution in [-0.4, -0.2) is 62.5 Å². The highest BCUT2D eigenvalue weighted by molar-refractivity contribution is 7.13. The Kier molecular flexibility index (Phi) is 10.4. The molecule has 0 fully saturated rings. The third kappa shape index (κ3) is 8.63. The van der Waals surface area contributed by atoms with Crippen molar-refractivity contribution in [3.05, 3.63) is 96.0 Å². The second-order valence-corrected chi connectivity index (χ2v) is 10.4. The highest BCUT2D eigenvalue weighted by Gasteiger charge is 2.23. The molecule has 11 nitrogen and oxygen atoms in total. The lowest BCUT2D eigenvalue weighted by Gasteiger charge is -2.26. The molecule has 3 aromatic carbocycles. The van der Waals surface area contributed by atoms with E-state index in [0.29, 0.717) is 27.9 Å². The smallest absolute Gasteiger partial charge is 0.319 e. The van der Waals surface area contributed by atoms with E-state index in [1.165, 1.54) is 26.0 Å². The first-order chi connectivity index (χ1) is 20.7. The number of hydrogen-bond donors (Lipinski definition) is 2. The molecule has 1 aromatic heterocycles. The number of thiazole rings is 1. The van der Waals surface area contributed by atoms with E-state index in [1.54, 1.807) is 74.2 Å². The van der Waals surface area contributed by atoms with Crippen LogP contribution in [0, 0.1) is 6.92 Å². The monoisotopic (exact) mass is 600 g/mol. The molecule has 0 aliphatic heterocycles. The first-order valence-corrected chi connectivity index (χ1v) is 14.2. The van der Waals surface area contributed by atoms with Gasteiger partial charge in [-0.1, -0.05) is 36.4 Å². The molecule has 5 amide bonds. The van der Waals surface area contributed by atoms with Crippen LogP contribution in [-0.2, 0) is 14.4 Å². The van der Waals surface area contributed by atoms with E-state index in [2.05, 4.69) is 15.6 Å². The third-order valence-electron chi connectivity index (χ3n) is 6.36. The Labute approximate surface area is 253 Å². The molecule has 4 rings (SSSR count). The van der Waals surface area contributed by atoms with Crippen LogP contribution in [0.5, 0.6) is 5.75 Å². The van der Waals surface area contributed by atoms with E-state index in [-0.39, 0.29) is 31.5 Å². The van der Waals surface area contributed by atoms with Gasteiger partial charge < -0.3 is 25.2 Å². The Hall–Kier alpha value is -5.23. The Morgan fingerprint density at radius 3 is 2.30 bits per heavy atom. The number of carbonyl (C=O) groups is 4. The highest BCUT2D eigenvalue weighted by Crippen LogP contribution is 2.23. The number of nitrogens with one attached hydrogen (secondary N) is 2. The van der Waals surface area contributed by atoms with E-state index in [9.17, 15) is 19.2 Å². The number of nitrogens with zero attached hydrogens (tertiary/aromatic N) is 4. The summed E-state index contributed by atoms with van der Waals surface area (Å²) in [5.41, 5.74) is 2.58. The van der Waals surface area contributed by atoms with Gasteiger partial charge in [0.25, 0.3) is 5.91 Å². The van der Waals surface area contributed by atoms with Crippen molar-refractivity contribution < 1.29 is 23.9 Å². The minimum Gasteiger partial charge on any atom is -0.484 e. The molecule has 0 unspecified atom stereocenters. The largest absolute Gasteiger partial charge is 0.484 e. The lowest BCUT2D eigenvalue weighted by Crippen LogP contribution is -2.46. The summed E-state index contributed by atoms with van der Waals surface area (Å²) in [4.78, 5) is 60.1. The molecule has 0 radical (unpaired) electrons. The highest BCUT2D eigenvalue weighted by atomic mass is 32.1. The van der Waals surface area contributed by atoms with Crippen LogP contribution in [0.3, 0.4) is 0 Å². The second kappa shape index (κ2) is 14.6. The number of para-hydroxylation sites is 1. The van der Waals surface area contributed by atoms with Gasteiger partial charge in [-0.05, 0) is 48.9 Å². The average Bonchev–Trinajstić information content (AvgIpc) is 3.56. The second-order valence-electron chi connectivity index (χ2n) is 9.50. The molecule has 43 heavy (non-hydrogen) atoms. The maximum absolute atomic E-state index is 13.5. The number of ether oxygens (including phenoxy) is 1. The zero-order valence-corrected chi connectivity index (χ0v) is 24.8. The van der Waals surface area contributed by atoms with Crippen LogP contribution in [0.2, 0.25) is 0 Å². The van der Waals surface area contributed by atoms with E-state index in [1.807, 2.05) is 37.3 Å². The average molecular weight is 601 g/mol. The molecule has 0 aliphatic rings. The number of aromatic nitrogens is 1. The zero-order chi connectivity index (χ0) is 30.8. The number of hydrogen-bond acceptors (Lipinski definition) is 7. The quantitative estimate of drug-likeness (QED) is 0.264. The van der Waals surface area contributed by atoms with Crippen molar-refractivity contribution in [2.45, 2.75) is 6.92 Å². The van der Waals surface area contributed by atoms with Gasteiger partial charge in [-0.2, -0.15) is 0 Å². The van der Waals surface area contributed by atoms with Crippen molar-refractivity contribution in [2.75, 3.05) is 53.8 Å². The minimum atomic E-state index is -0.563. The van der Waals surface area contributed by atoms with Gasteiger partial charge in [0.1, 0.15) is 12.3 Å². The Morgan fingerprint density at radius 2 is 1.58 bits per heavy atom. The predicted octanol–water partition coefficient (Wildman–Crippen LogP) is 4.31. The first-order valence-electron chi connectivity index (χ1n) is 13.3. The first kappa shape index (κ1) is 30.7. The van der Waals surface area contributed by atoms with Crippen molar-refractivity contribution in [1.29, 1.82) is 0 Å². The summed E-state index contributed by atoms with van der Waals surface area (Å²) in [6.45, 7) is 0.966. The van der Waals surface area contributed by atoms with Gasteiger partial charge in [-0.25, -0.2) is 9.78 Å². The Balaban J connectivity index is 1.47. The summed E-state index contributed by atoms with van der Waals surface area (Å²) in [6.07, 6.45) is 1.61. The number of anilines is 4. The van der Waals surface area contributed by atoms with Crippen LogP contribution in [0.4, 0.5) is 27.0 Å². The van der Waals surface area contributed by atoms with Crippen molar-refractivity contribution in [3.8, 4) is 5.75 Å². The molecule has 0 aliphatic carbocycles.